The number of halogens is 2. The summed E-state index contributed by atoms with van der Waals surface area (Å²) in [5, 5.41) is 4.77. The third-order valence-electron chi connectivity index (χ3n) is 8.82. The van der Waals surface area contributed by atoms with E-state index < -0.39 is 6.43 Å². The van der Waals surface area contributed by atoms with Gasteiger partial charge in [0.15, 0.2) is 5.88 Å². The van der Waals surface area contributed by atoms with Gasteiger partial charge in [-0.2, -0.15) is 0 Å². The van der Waals surface area contributed by atoms with Crippen LogP contribution in [0.4, 0.5) is 8.78 Å². The predicted molar refractivity (Wildman–Crippen MR) is 173 cm³/mol. The van der Waals surface area contributed by atoms with Gasteiger partial charge in [0.05, 0.1) is 18.5 Å². The molecule has 3 fully saturated rings. The molecule has 3 aliphatic rings. The van der Waals surface area contributed by atoms with Crippen molar-refractivity contribution in [2.24, 2.45) is 11.8 Å². The average molecular weight is 611 g/mol. The van der Waals surface area contributed by atoms with Gasteiger partial charge in [0.1, 0.15) is 17.0 Å². The number of piperidine rings is 2. The van der Waals surface area contributed by atoms with E-state index in [9.17, 15) is 13.6 Å². The highest BCUT2D eigenvalue weighted by Crippen LogP contribution is 2.37. The zero-order chi connectivity index (χ0) is 31.5. The van der Waals surface area contributed by atoms with E-state index in [1.807, 2.05) is 42.2 Å². The van der Waals surface area contributed by atoms with Crippen molar-refractivity contribution in [1.29, 1.82) is 0 Å². The minimum absolute atomic E-state index is 0. The molecule has 2 aliphatic heterocycles. The summed E-state index contributed by atoms with van der Waals surface area (Å²) in [5.41, 5.74) is 6.41. The number of rotatable bonds is 5. The molecule has 8 nitrogen and oxygen atoms in total. The van der Waals surface area contributed by atoms with E-state index in [1.165, 1.54) is 25.7 Å². The molecular weight excluding hydrogens is 562 g/mol. The second-order valence-corrected chi connectivity index (χ2v) is 12.0. The highest BCUT2D eigenvalue weighted by atomic mass is 19.3. The Bertz CT molecular complexity index is 1610. The maximum atomic E-state index is 13.7. The normalized spacial score (nSPS) is 19.7. The zero-order valence-corrected chi connectivity index (χ0v) is 26.9. The number of likely N-dealkylation sites (tertiary alicyclic amines) is 1. The van der Waals surface area contributed by atoms with Gasteiger partial charge in [-0.15, -0.1) is 0 Å². The number of aryl methyl sites for hydroxylation is 2. The predicted octanol–water partition coefficient (Wildman–Crippen LogP) is 7.14. The van der Waals surface area contributed by atoms with Gasteiger partial charge in [-0.05, 0) is 95.5 Å². The Morgan fingerprint density at radius 2 is 1.86 bits per heavy atom. The Kier molecular flexibility index (Phi) is 9.87. The summed E-state index contributed by atoms with van der Waals surface area (Å²) < 4.78 is 30.9. The number of nitrogens with one attached hydrogen (secondary N) is 1. The standard InChI is InChI=1S/C30H36N6O2.C2H4F2.C2H6.H2/c1-18-6-9-21-13-25(35(29(21)32-18)16-20-7-8-20)28-19(2)36-26(33-28)14-23(15-27(36)38-3)30(37)34-12-10-24-22(17-34)5-4-11-31-24;1-2(3)4;1-2;/h6,9,13-15,20,22,24,31H,4-5,7-8,10-12,16-17H2,1-3H3;2H,1H3;1-2H3;1H. The molecule has 1 aliphatic carbocycles. The number of methoxy groups -OCH3 is 1. The summed E-state index contributed by atoms with van der Waals surface area (Å²) in [6.07, 6.45) is 3.76. The van der Waals surface area contributed by atoms with Crippen LogP contribution in [0.2, 0.25) is 0 Å². The van der Waals surface area contributed by atoms with E-state index >= 15 is 0 Å². The van der Waals surface area contributed by atoms with Gasteiger partial charge < -0.3 is 19.5 Å². The van der Waals surface area contributed by atoms with Crippen LogP contribution in [0.15, 0.2) is 30.3 Å². The molecule has 0 spiro atoms. The SMILES string of the molecule is CC.CC(F)F.COc1cc(C(=O)N2CCC3NCCCC3C2)cc2nc(-c3cc4ccc(C)nc4n3CC3CC3)c(C)n12.[HH]. The first-order valence-electron chi connectivity index (χ1n) is 16.1. The number of amides is 1. The van der Waals surface area contributed by atoms with Crippen molar-refractivity contribution in [1.82, 2.24) is 29.2 Å². The summed E-state index contributed by atoms with van der Waals surface area (Å²) in [7, 11) is 1.66. The number of nitrogens with zero attached hydrogens (tertiary/aromatic N) is 5. The molecule has 1 amide bonds. The van der Waals surface area contributed by atoms with Gasteiger partial charge in [0.25, 0.3) is 5.91 Å². The van der Waals surface area contributed by atoms with E-state index in [4.69, 9.17) is 14.7 Å². The number of hydrogen-bond donors (Lipinski definition) is 1. The first-order chi connectivity index (χ1) is 21.2. The molecule has 10 heteroatoms. The Hall–Kier alpha value is -3.53. The van der Waals surface area contributed by atoms with Gasteiger partial charge in [-0.1, -0.05) is 13.8 Å². The van der Waals surface area contributed by atoms with Crippen LogP contribution >= 0.6 is 0 Å². The van der Waals surface area contributed by atoms with Crippen LogP contribution < -0.4 is 10.1 Å². The molecule has 6 heterocycles. The van der Waals surface area contributed by atoms with Crippen molar-refractivity contribution in [2.75, 3.05) is 26.7 Å². The van der Waals surface area contributed by atoms with Crippen LogP contribution in [0.5, 0.6) is 5.88 Å². The second-order valence-electron chi connectivity index (χ2n) is 12.0. The third kappa shape index (κ3) is 6.60. The summed E-state index contributed by atoms with van der Waals surface area (Å²) in [6.45, 7) is 12.6. The van der Waals surface area contributed by atoms with E-state index in [0.29, 0.717) is 29.3 Å². The van der Waals surface area contributed by atoms with Gasteiger partial charge in [0.2, 0.25) is 6.43 Å². The van der Waals surface area contributed by atoms with E-state index in [1.54, 1.807) is 7.11 Å². The van der Waals surface area contributed by atoms with Gasteiger partial charge >= 0.3 is 0 Å². The Morgan fingerprint density at radius 3 is 2.57 bits per heavy atom. The van der Waals surface area contributed by atoms with Crippen molar-refractivity contribution >= 4 is 22.6 Å². The van der Waals surface area contributed by atoms with Gasteiger partial charge in [-0.25, -0.2) is 18.7 Å². The molecule has 44 heavy (non-hydrogen) atoms. The Labute approximate surface area is 260 Å². The van der Waals surface area contributed by atoms with Crippen molar-refractivity contribution in [3.63, 3.8) is 0 Å². The number of aromatic nitrogens is 4. The first-order valence-corrected chi connectivity index (χ1v) is 16.1. The first kappa shape index (κ1) is 31.9. The topological polar surface area (TPSA) is 76.7 Å². The quantitative estimate of drug-likeness (QED) is 0.260. The summed E-state index contributed by atoms with van der Waals surface area (Å²) in [6, 6.07) is 10.8. The Balaban J connectivity index is 0.000000613. The molecule has 7 rings (SSSR count). The number of ether oxygens (including phenoxy) is 1. The van der Waals surface area contributed by atoms with Crippen molar-refractivity contribution < 1.29 is 19.7 Å². The van der Waals surface area contributed by atoms with Crippen molar-refractivity contribution in [3.05, 3.63) is 47.3 Å². The van der Waals surface area contributed by atoms with Crippen LogP contribution in [0.25, 0.3) is 28.1 Å². The largest absolute Gasteiger partial charge is 0.482 e. The zero-order valence-electron chi connectivity index (χ0n) is 26.9. The minimum atomic E-state index is -2.17. The van der Waals surface area contributed by atoms with Gasteiger partial charge in [0, 0.05) is 49.8 Å². The minimum Gasteiger partial charge on any atom is -0.482 e. The maximum Gasteiger partial charge on any atom is 0.254 e. The highest BCUT2D eigenvalue weighted by Gasteiger charge is 2.34. The van der Waals surface area contributed by atoms with Crippen LogP contribution in [-0.2, 0) is 6.54 Å². The van der Waals surface area contributed by atoms with Crippen LogP contribution in [0.1, 0.15) is 76.0 Å². The van der Waals surface area contributed by atoms with Crippen molar-refractivity contribution in [2.45, 2.75) is 85.7 Å². The third-order valence-corrected chi connectivity index (χ3v) is 8.82. The average Bonchev–Trinajstić information content (AvgIpc) is 3.70. The number of carbonyl (C=O) groups is 1. The summed E-state index contributed by atoms with van der Waals surface area (Å²) in [4.78, 5) is 25.7. The summed E-state index contributed by atoms with van der Waals surface area (Å²) >= 11 is 0. The lowest BCUT2D eigenvalue weighted by atomic mass is 9.85. The van der Waals surface area contributed by atoms with Crippen LogP contribution in [0, 0.1) is 25.7 Å². The fourth-order valence-corrected chi connectivity index (χ4v) is 6.57. The molecule has 1 N–H and O–H groups in total. The highest BCUT2D eigenvalue weighted by molar-refractivity contribution is 5.96. The molecule has 4 aromatic rings. The number of alkyl halides is 2. The molecule has 4 aromatic heterocycles. The summed E-state index contributed by atoms with van der Waals surface area (Å²) in [5.74, 6) is 1.94. The second kappa shape index (κ2) is 13.6. The monoisotopic (exact) mass is 610 g/mol. The fraction of sp³-hybridized carbons (Fsp3) is 0.559. The molecule has 0 radical (unpaired) electrons. The molecule has 2 unspecified atom stereocenters. The molecule has 0 bridgehead atoms. The molecule has 0 aromatic carbocycles. The lowest BCUT2D eigenvalue weighted by molar-refractivity contribution is 0.0592. The maximum absolute atomic E-state index is 13.7. The molecule has 240 valence electrons. The van der Waals surface area contributed by atoms with E-state index in [0.717, 1.165) is 79.0 Å². The fourth-order valence-electron chi connectivity index (χ4n) is 6.57. The lowest BCUT2D eigenvalue weighted by Gasteiger charge is -2.41. The van der Waals surface area contributed by atoms with E-state index in [-0.39, 0.29) is 7.33 Å². The number of fused-ring (bicyclic) bond motifs is 3. The number of carbonyl (C=O) groups excluding carboxylic acids is 1. The molecule has 2 saturated heterocycles. The van der Waals surface area contributed by atoms with E-state index in [2.05, 4.69) is 35.0 Å². The number of imidazole rings is 1. The smallest absolute Gasteiger partial charge is 0.254 e. The van der Waals surface area contributed by atoms with Gasteiger partial charge in [-0.3, -0.25) is 9.20 Å². The van der Waals surface area contributed by atoms with Crippen LogP contribution in [-0.4, -0.2) is 69.0 Å². The van der Waals surface area contributed by atoms with Crippen molar-refractivity contribution in [3.8, 4) is 17.3 Å². The Morgan fingerprint density at radius 1 is 1.11 bits per heavy atom. The number of pyridine rings is 2. The molecular formula is C34H48F2N6O2. The lowest BCUT2D eigenvalue weighted by Crippen LogP contribution is -2.53. The number of hydrogen-bond acceptors (Lipinski definition) is 5. The van der Waals surface area contributed by atoms with Crippen LogP contribution in [0.3, 0.4) is 0 Å². The molecule has 1 saturated carbocycles. The molecule has 2 atom stereocenters.